The van der Waals surface area contributed by atoms with Crippen molar-refractivity contribution in [2.45, 2.75) is 95.9 Å². The Bertz CT molecular complexity index is 1600. The zero-order chi connectivity index (χ0) is 39.5. The van der Waals surface area contributed by atoms with Crippen LogP contribution in [0, 0.1) is 11.8 Å². The number of cyclic esters (lactones) is 1. The molecule has 0 radical (unpaired) electrons. The summed E-state index contributed by atoms with van der Waals surface area (Å²) in [5, 5.41) is 0. The lowest BCUT2D eigenvalue weighted by Gasteiger charge is -2.47. The first kappa shape index (κ1) is 41.8. The molecule has 2 amide bonds. The molecular formula is C40H61NO11Si2. The zero-order valence-electron chi connectivity index (χ0n) is 34.2. The average molecular weight is 788 g/mol. The van der Waals surface area contributed by atoms with Crippen LogP contribution >= 0.6 is 0 Å². The van der Waals surface area contributed by atoms with Gasteiger partial charge in [-0.2, -0.15) is 0 Å². The van der Waals surface area contributed by atoms with E-state index >= 15 is 4.79 Å². The number of fused-ring (bicyclic) bond motifs is 2. The molecule has 1 fully saturated rings. The van der Waals surface area contributed by atoms with Crippen molar-refractivity contribution < 1.29 is 51.9 Å². The van der Waals surface area contributed by atoms with Gasteiger partial charge in [-0.05, 0) is 63.6 Å². The fourth-order valence-electron chi connectivity index (χ4n) is 8.82. The number of ether oxygens (including phenoxy) is 8. The van der Waals surface area contributed by atoms with Crippen molar-refractivity contribution in [1.82, 2.24) is 4.90 Å². The minimum Gasteiger partial charge on any atom is -0.493 e. The summed E-state index contributed by atoms with van der Waals surface area (Å²) >= 11 is 0. The quantitative estimate of drug-likeness (QED) is 0.0874. The number of rotatable bonds is 17. The summed E-state index contributed by atoms with van der Waals surface area (Å²) in [4.78, 5) is 29.6. The molecule has 2 heterocycles. The molecule has 0 unspecified atom stereocenters. The summed E-state index contributed by atoms with van der Waals surface area (Å²) in [6, 6.07) is 8.62. The monoisotopic (exact) mass is 787 g/mol. The molecule has 14 heteroatoms. The van der Waals surface area contributed by atoms with Gasteiger partial charge >= 0.3 is 6.09 Å². The third-order valence-electron chi connectivity index (χ3n) is 11.3. The molecule has 54 heavy (non-hydrogen) atoms. The van der Waals surface area contributed by atoms with Gasteiger partial charge in [-0.3, -0.25) is 4.79 Å². The summed E-state index contributed by atoms with van der Waals surface area (Å²) in [5.41, 5.74) is 3.23. The SMILES string of the molecule is COc1cc([C@@H]2c3cc4c(cc3[C@H](OCOCC[Si](C)(C)C)[C@@H](CO[Si](C(C)C)(C(C)C)C(C)C)[C@H]2C(=O)N2CCOC2=O)OCO4)cc(OC)c1OC. The van der Waals surface area contributed by atoms with Crippen molar-refractivity contribution in [2.24, 2.45) is 11.8 Å². The van der Waals surface area contributed by atoms with Crippen molar-refractivity contribution >= 4 is 28.4 Å². The molecule has 2 aromatic rings. The van der Waals surface area contributed by atoms with E-state index in [1.54, 1.807) is 21.3 Å². The highest BCUT2D eigenvalue weighted by atomic mass is 28.4. The molecule has 0 N–H and O–H groups in total. The maximum atomic E-state index is 15.2. The van der Waals surface area contributed by atoms with Crippen molar-refractivity contribution in [3.05, 3.63) is 41.0 Å². The van der Waals surface area contributed by atoms with E-state index in [9.17, 15) is 4.79 Å². The van der Waals surface area contributed by atoms with Crippen molar-refractivity contribution in [3.63, 3.8) is 0 Å². The van der Waals surface area contributed by atoms with E-state index in [1.165, 1.54) is 4.90 Å². The van der Waals surface area contributed by atoms with Crippen LogP contribution in [0.4, 0.5) is 4.79 Å². The van der Waals surface area contributed by atoms with E-state index in [0.717, 1.165) is 22.7 Å². The lowest BCUT2D eigenvalue weighted by Crippen LogP contribution is -2.52. The lowest BCUT2D eigenvalue weighted by molar-refractivity contribution is -0.149. The van der Waals surface area contributed by atoms with E-state index < -0.39 is 46.3 Å². The Kier molecular flexibility index (Phi) is 13.4. The molecule has 300 valence electrons. The molecular weight excluding hydrogens is 727 g/mol. The molecule has 3 aliphatic rings. The summed E-state index contributed by atoms with van der Waals surface area (Å²) in [6.45, 7) is 21.5. The van der Waals surface area contributed by atoms with Gasteiger partial charge in [-0.25, -0.2) is 9.69 Å². The Hall–Kier alpha value is -3.31. The van der Waals surface area contributed by atoms with Crippen LogP contribution in [0.3, 0.4) is 0 Å². The van der Waals surface area contributed by atoms with Crippen LogP contribution in [0.2, 0.25) is 42.3 Å². The fraction of sp³-hybridized carbons (Fsp3) is 0.650. The largest absolute Gasteiger partial charge is 0.493 e. The Morgan fingerprint density at radius 1 is 0.852 bits per heavy atom. The Labute approximate surface area is 323 Å². The van der Waals surface area contributed by atoms with Crippen molar-refractivity contribution in [1.29, 1.82) is 0 Å². The van der Waals surface area contributed by atoms with Crippen LogP contribution < -0.4 is 23.7 Å². The highest BCUT2D eigenvalue weighted by molar-refractivity contribution is 6.77. The highest BCUT2D eigenvalue weighted by Crippen LogP contribution is 2.56. The lowest BCUT2D eigenvalue weighted by atomic mass is 9.64. The number of carbonyl (C=O) groups is 2. The Morgan fingerprint density at radius 3 is 1.94 bits per heavy atom. The van der Waals surface area contributed by atoms with Crippen LogP contribution in [-0.2, 0) is 23.4 Å². The van der Waals surface area contributed by atoms with E-state index in [1.807, 2.05) is 24.3 Å². The van der Waals surface area contributed by atoms with E-state index in [-0.39, 0.29) is 39.3 Å². The highest BCUT2D eigenvalue weighted by Gasteiger charge is 2.53. The molecule has 5 rings (SSSR count). The first-order valence-corrected chi connectivity index (χ1v) is 25.0. The molecule has 12 nitrogen and oxygen atoms in total. The van der Waals surface area contributed by atoms with Gasteiger partial charge in [0.2, 0.25) is 18.4 Å². The van der Waals surface area contributed by atoms with E-state index in [4.69, 9.17) is 42.3 Å². The van der Waals surface area contributed by atoms with E-state index in [2.05, 4.69) is 61.2 Å². The van der Waals surface area contributed by atoms with Gasteiger partial charge in [0, 0.05) is 33.1 Å². The summed E-state index contributed by atoms with van der Waals surface area (Å²) < 4.78 is 54.8. The molecule has 4 atom stereocenters. The minimum atomic E-state index is -2.47. The first-order valence-electron chi connectivity index (χ1n) is 19.1. The topological polar surface area (TPSA) is 120 Å². The molecule has 2 aliphatic heterocycles. The summed E-state index contributed by atoms with van der Waals surface area (Å²) in [5.74, 6) is 0.0446. The summed E-state index contributed by atoms with van der Waals surface area (Å²) in [7, 11) is 0.849. The van der Waals surface area contributed by atoms with Crippen LogP contribution in [0.1, 0.15) is 70.3 Å². The number of methoxy groups -OCH3 is 3. The number of benzene rings is 2. The second kappa shape index (κ2) is 17.2. The fourth-order valence-corrected chi connectivity index (χ4v) is 15.1. The van der Waals surface area contributed by atoms with Crippen LogP contribution in [0.5, 0.6) is 28.7 Å². The van der Waals surface area contributed by atoms with Gasteiger partial charge < -0.3 is 42.3 Å². The molecule has 0 saturated carbocycles. The van der Waals surface area contributed by atoms with Crippen LogP contribution in [0.25, 0.3) is 0 Å². The average Bonchev–Trinajstić information content (AvgIpc) is 3.77. The number of imide groups is 1. The van der Waals surface area contributed by atoms with Gasteiger partial charge in [0.05, 0.1) is 39.9 Å². The summed E-state index contributed by atoms with van der Waals surface area (Å²) in [6.07, 6.45) is -1.33. The third-order valence-corrected chi connectivity index (χ3v) is 19.1. The molecule has 0 spiro atoms. The molecule has 1 aliphatic carbocycles. The number of carbonyl (C=O) groups excluding carboxylic acids is 2. The maximum absolute atomic E-state index is 15.2. The van der Waals surface area contributed by atoms with Gasteiger partial charge in [0.1, 0.15) is 13.4 Å². The normalized spacial score (nSPS) is 21.2. The van der Waals surface area contributed by atoms with Gasteiger partial charge in [0.25, 0.3) is 0 Å². The van der Waals surface area contributed by atoms with E-state index in [0.29, 0.717) is 52.0 Å². The number of hydrogen-bond acceptors (Lipinski definition) is 11. The van der Waals surface area contributed by atoms with Crippen LogP contribution in [0.15, 0.2) is 24.3 Å². The van der Waals surface area contributed by atoms with Gasteiger partial charge in [-0.15, -0.1) is 0 Å². The first-order chi connectivity index (χ1) is 25.6. The Morgan fingerprint density at radius 2 is 1.44 bits per heavy atom. The second-order valence-electron chi connectivity index (χ2n) is 16.6. The second-order valence-corrected chi connectivity index (χ2v) is 27.7. The van der Waals surface area contributed by atoms with Crippen LogP contribution in [-0.4, -0.2) is 94.6 Å². The minimum absolute atomic E-state index is 0.0160. The number of amides is 2. The Balaban J connectivity index is 1.76. The number of hydrogen-bond donors (Lipinski definition) is 0. The zero-order valence-corrected chi connectivity index (χ0v) is 36.2. The predicted molar refractivity (Wildman–Crippen MR) is 210 cm³/mol. The third kappa shape index (κ3) is 8.28. The van der Waals surface area contributed by atoms with Crippen molar-refractivity contribution in [2.75, 3.05) is 61.3 Å². The molecule has 0 aromatic heterocycles. The molecule has 0 bridgehead atoms. The van der Waals surface area contributed by atoms with Crippen molar-refractivity contribution in [3.8, 4) is 28.7 Å². The smallest absolute Gasteiger partial charge is 0.416 e. The van der Waals surface area contributed by atoms with Gasteiger partial charge in [0.15, 0.2) is 31.3 Å². The molecule has 2 aromatic carbocycles. The standard InChI is InChI=1S/C40H61NO11Si2/c1-24(2)54(25(3)4,26(5)6)52-21-30-36(39(42)41-13-14-48-40(41)43)35(27-17-33(44-7)38(46-9)34(18-27)45-8)28-19-31-32(50-23-49-31)20-29(28)37(30)51-22-47-15-16-53(10,11)12/h17-20,24-26,30,35-37H,13-16,21-23H2,1-12H3/t30-,35+,36+,37-/m0/s1. The predicted octanol–water partition coefficient (Wildman–Crippen LogP) is 8.36. The van der Waals surface area contributed by atoms with Gasteiger partial charge in [-0.1, -0.05) is 61.2 Å². The number of nitrogens with zero attached hydrogens (tertiary/aromatic N) is 1. The maximum Gasteiger partial charge on any atom is 0.416 e. The molecule has 1 saturated heterocycles.